The van der Waals surface area contributed by atoms with E-state index >= 15 is 0 Å². The molecule has 2 rings (SSSR count). The van der Waals surface area contributed by atoms with E-state index < -0.39 is 6.09 Å². The summed E-state index contributed by atoms with van der Waals surface area (Å²) in [5, 5.41) is 2.58. The molecule has 2 fully saturated rings. The standard InChI is InChI=1S/C15H24N2O6/c18-13-4-5-14(19)17(13)7-10-21-9-6-16-15(20)23-11-12-3-1-2-8-22-12/h12H,1-11H2,(H,16,20)/t12-/m0/s1. The Bertz CT molecular complexity index is 406. The van der Waals surface area contributed by atoms with Gasteiger partial charge in [-0.05, 0) is 19.3 Å². The number of carbonyl (C=O) groups excluding carboxylic acids is 3. The average molecular weight is 328 g/mol. The fourth-order valence-corrected chi connectivity index (χ4v) is 2.51. The van der Waals surface area contributed by atoms with Gasteiger partial charge in [0.1, 0.15) is 6.61 Å². The molecule has 0 radical (unpaired) electrons. The van der Waals surface area contributed by atoms with Gasteiger partial charge in [-0.3, -0.25) is 14.5 Å². The van der Waals surface area contributed by atoms with Crippen LogP contribution in [-0.2, 0) is 23.8 Å². The lowest BCUT2D eigenvalue weighted by molar-refractivity contribution is -0.139. The number of amides is 3. The van der Waals surface area contributed by atoms with Gasteiger partial charge in [-0.1, -0.05) is 0 Å². The van der Waals surface area contributed by atoms with Crippen molar-refractivity contribution >= 4 is 17.9 Å². The molecule has 2 aliphatic rings. The topological polar surface area (TPSA) is 94.2 Å². The summed E-state index contributed by atoms with van der Waals surface area (Å²) in [6.07, 6.45) is 3.17. The lowest BCUT2D eigenvalue weighted by atomic mass is 10.1. The van der Waals surface area contributed by atoms with E-state index in [1.807, 2.05) is 0 Å². The summed E-state index contributed by atoms with van der Waals surface area (Å²) in [5.74, 6) is -0.296. The van der Waals surface area contributed by atoms with Gasteiger partial charge in [-0.15, -0.1) is 0 Å². The first-order chi connectivity index (χ1) is 11.2. The Labute approximate surface area is 135 Å². The molecule has 8 nitrogen and oxygen atoms in total. The van der Waals surface area contributed by atoms with E-state index in [1.165, 1.54) is 4.90 Å². The van der Waals surface area contributed by atoms with Crippen molar-refractivity contribution < 1.29 is 28.6 Å². The van der Waals surface area contributed by atoms with Crippen molar-refractivity contribution in [3.05, 3.63) is 0 Å². The highest BCUT2D eigenvalue weighted by atomic mass is 16.6. The number of nitrogens with zero attached hydrogens (tertiary/aromatic N) is 1. The van der Waals surface area contributed by atoms with E-state index in [0.29, 0.717) is 13.2 Å². The lowest BCUT2D eigenvalue weighted by Gasteiger charge is -2.22. The van der Waals surface area contributed by atoms with Gasteiger partial charge in [-0.25, -0.2) is 4.79 Å². The van der Waals surface area contributed by atoms with Gasteiger partial charge in [0.05, 0.1) is 25.9 Å². The number of imide groups is 1. The van der Waals surface area contributed by atoms with Crippen LogP contribution in [0.2, 0.25) is 0 Å². The number of rotatable bonds is 8. The molecule has 1 N–H and O–H groups in total. The summed E-state index contributed by atoms with van der Waals surface area (Å²) < 4.78 is 15.8. The summed E-state index contributed by atoms with van der Waals surface area (Å²) in [4.78, 5) is 35.4. The molecule has 23 heavy (non-hydrogen) atoms. The first-order valence-electron chi connectivity index (χ1n) is 8.10. The van der Waals surface area contributed by atoms with Crippen molar-refractivity contribution in [2.45, 2.75) is 38.2 Å². The van der Waals surface area contributed by atoms with Gasteiger partial charge < -0.3 is 19.5 Å². The van der Waals surface area contributed by atoms with Gasteiger partial charge in [0.25, 0.3) is 0 Å². The first-order valence-corrected chi connectivity index (χ1v) is 8.10. The number of ether oxygens (including phenoxy) is 3. The highest BCUT2D eigenvalue weighted by molar-refractivity contribution is 6.01. The predicted octanol–water partition coefficient (Wildman–Crippen LogP) is 0.447. The first kappa shape index (κ1) is 17.7. The maximum atomic E-state index is 11.5. The number of hydrogen-bond acceptors (Lipinski definition) is 6. The molecule has 3 amide bonds. The smallest absolute Gasteiger partial charge is 0.407 e. The van der Waals surface area contributed by atoms with Gasteiger partial charge >= 0.3 is 6.09 Å². The highest BCUT2D eigenvalue weighted by Gasteiger charge is 2.28. The number of likely N-dealkylation sites (tertiary alicyclic amines) is 1. The Morgan fingerprint density at radius 3 is 2.70 bits per heavy atom. The largest absolute Gasteiger partial charge is 0.447 e. The van der Waals surface area contributed by atoms with Crippen LogP contribution in [0.3, 0.4) is 0 Å². The normalized spacial score (nSPS) is 21.6. The fraction of sp³-hybridized carbons (Fsp3) is 0.800. The Morgan fingerprint density at radius 1 is 1.22 bits per heavy atom. The highest BCUT2D eigenvalue weighted by Crippen LogP contribution is 2.12. The molecule has 2 saturated heterocycles. The van der Waals surface area contributed by atoms with Crippen LogP contribution in [0.25, 0.3) is 0 Å². The zero-order valence-electron chi connectivity index (χ0n) is 13.3. The summed E-state index contributed by atoms with van der Waals surface area (Å²) >= 11 is 0. The maximum Gasteiger partial charge on any atom is 0.407 e. The third-order valence-electron chi connectivity index (χ3n) is 3.80. The van der Waals surface area contributed by atoms with Crippen LogP contribution >= 0.6 is 0 Å². The number of carbonyl (C=O) groups is 3. The summed E-state index contributed by atoms with van der Waals surface area (Å²) in [5.41, 5.74) is 0. The number of nitrogens with one attached hydrogen (secondary N) is 1. The van der Waals surface area contributed by atoms with Crippen molar-refractivity contribution in [2.24, 2.45) is 0 Å². The maximum absolute atomic E-state index is 11.5. The molecule has 0 aromatic carbocycles. The molecule has 8 heteroatoms. The molecule has 130 valence electrons. The van der Waals surface area contributed by atoms with Crippen LogP contribution in [0.5, 0.6) is 0 Å². The van der Waals surface area contributed by atoms with Crippen molar-refractivity contribution in [1.29, 1.82) is 0 Å². The van der Waals surface area contributed by atoms with Gasteiger partial charge in [0, 0.05) is 26.0 Å². The zero-order chi connectivity index (χ0) is 16.5. The molecular formula is C15H24N2O6. The minimum atomic E-state index is -0.493. The molecule has 0 spiro atoms. The summed E-state index contributed by atoms with van der Waals surface area (Å²) in [7, 11) is 0. The van der Waals surface area contributed by atoms with Crippen molar-refractivity contribution in [3.63, 3.8) is 0 Å². The molecule has 0 aliphatic carbocycles. The molecule has 0 saturated carbocycles. The van der Waals surface area contributed by atoms with Crippen LogP contribution in [0.4, 0.5) is 4.79 Å². The monoisotopic (exact) mass is 328 g/mol. The van der Waals surface area contributed by atoms with Gasteiger partial charge in [0.2, 0.25) is 11.8 Å². The van der Waals surface area contributed by atoms with Crippen molar-refractivity contribution in [3.8, 4) is 0 Å². The van der Waals surface area contributed by atoms with E-state index in [0.717, 1.165) is 25.9 Å². The number of alkyl carbamates (subject to hydrolysis) is 1. The van der Waals surface area contributed by atoms with E-state index in [2.05, 4.69) is 5.32 Å². The van der Waals surface area contributed by atoms with Crippen LogP contribution in [0, 0.1) is 0 Å². The lowest BCUT2D eigenvalue weighted by Crippen LogP contribution is -2.34. The molecular weight excluding hydrogens is 304 g/mol. The predicted molar refractivity (Wildman–Crippen MR) is 79.7 cm³/mol. The Balaban J connectivity index is 1.44. The van der Waals surface area contributed by atoms with E-state index in [-0.39, 0.29) is 50.5 Å². The molecule has 2 aliphatic heterocycles. The molecule has 1 atom stereocenters. The van der Waals surface area contributed by atoms with Crippen LogP contribution in [0.1, 0.15) is 32.1 Å². The fourth-order valence-electron chi connectivity index (χ4n) is 2.51. The molecule has 0 bridgehead atoms. The minimum Gasteiger partial charge on any atom is -0.447 e. The Kier molecular flexibility index (Phi) is 7.28. The Hall–Kier alpha value is -1.67. The SMILES string of the molecule is O=C(NCCOCCN1C(=O)CCC1=O)OC[C@@H]1CCCCO1. The second-order valence-electron chi connectivity index (χ2n) is 5.57. The molecule has 0 unspecified atom stereocenters. The van der Waals surface area contributed by atoms with Gasteiger partial charge in [0.15, 0.2) is 0 Å². The zero-order valence-corrected chi connectivity index (χ0v) is 13.3. The third kappa shape index (κ3) is 6.15. The van der Waals surface area contributed by atoms with E-state index in [9.17, 15) is 14.4 Å². The molecule has 0 aromatic rings. The second-order valence-corrected chi connectivity index (χ2v) is 5.57. The van der Waals surface area contributed by atoms with Crippen molar-refractivity contribution in [1.82, 2.24) is 10.2 Å². The molecule has 0 aromatic heterocycles. The third-order valence-corrected chi connectivity index (χ3v) is 3.80. The average Bonchev–Trinajstić information content (AvgIpc) is 2.88. The summed E-state index contributed by atoms with van der Waals surface area (Å²) in [6.45, 7) is 2.14. The quantitative estimate of drug-likeness (QED) is 0.513. The number of hydrogen-bond donors (Lipinski definition) is 1. The van der Waals surface area contributed by atoms with Gasteiger partial charge in [-0.2, -0.15) is 0 Å². The minimum absolute atomic E-state index is 0.00119. The Morgan fingerprint density at radius 2 is 2.00 bits per heavy atom. The summed E-state index contributed by atoms with van der Waals surface area (Å²) in [6, 6.07) is 0. The molecule has 2 heterocycles. The van der Waals surface area contributed by atoms with E-state index in [4.69, 9.17) is 14.2 Å². The van der Waals surface area contributed by atoms with Crippen LogP contribution in [-0.4, -0.2) is 68.4 Å². The van der Waals surface area contributed by atoms with Crippen molar-refractivity contribution in [2.75, 3.05) is 39.5 Å². The van der Waals surface area contributed by atoms with Crippen LogP contribution in [0.15, 0.2) is 0 Å². The second kappa shape index (κ2) is 9.46. The van der Waals surface area contributed by atoms with E-state index in [1.54, 1.807) is 0 Å². The van der Waals surface area contributed by atoms with Crippen LogP contribution < -0.4 is 5.32 Å².